The van der Waals surface area contributed by atoms with Gasteiger partial charge in [-0.05, 0) is 184 Å². The van der Waals surface area contributed by atoms with Crippen LogP contribution in [0.5, 0.6) is 11.5 Å². The summed E-state index contributed by atoms with van der Waals surface area (Å²) in [4.78, 5) is 4.89. The number of rotatable bonds is 9. The highest BCUT2D eigenvalue weighted by Gasteiger charge is 2.22. The van der Waals surface area contributed by atoms with Gasteiger partial charge in [0.1, 0.15) is 17.3 Å². The van der Waals surface area contributed by atoms with Crippen LogP contribution in [0, 0.1) is 62.3 Å². The molecule has 0 aliphatic heterocycles. The van der Waals surface area contributed by atoms with Crippen molar-refractivity contribution in [3.05, 3.63) is 189 Å². The van der Waals surface area contributed by atoms with E-state index in [1.165, 1.54) is 83.3 Å². The van der Waals surface area contributed by atoms with Gasteiger partial charge in [0.2, 0.25) is 0 Å². The molecule has 2 N–H and O–H groups in total. The molecule has 0 spiro atoms. The largest absolute Gasteiger partial charge is 0.457 e. The highest BCUT2D eigenvalue weighted by atomic mass is 16.5. The Balaban J connectivity index is 1.16. The normalized spacial score (nSPS) is 11.7. The van der Waals surface area contributed by atoms with Crippen LogP contribution in [0.4, 0.5) is 22.7 Å². The Morgan fingerprint density at radius 2 is 1.02 bits per heavy atom. The molecular weight excluding hydrogens is 793 g/mol. The Hall–Kier alpha value is -7.11. The first-order chi connectivity index (χ1) is 31.0. The highest BCUT2D eigenvalue weighted by Crippen LogP contribution is 2.46. The number of para-hydroxylation sites is 1. The first-order valence-electron chi connectivity index (χ1n) is 22.8. The zero-order valence-electron chi connectivity index (χ0n) is 40.0. The van der Waals surface area contributed by atoms with Gasteiger partial charge in [-0.25, -0.2) is 4.98 Å². The van der Waals surface area contributed by atoms with Crippen molar-refractivity contribution in [2.24, 2.45) is 0 Å². The van der Waals surface area contributed by atoms with Crippen molar-refractivity contribution in [3.8, 4) is 39.6 Å². The Morgan fingerprint density at radius 1 is 0.477 bits per heavy atom. The van der Waals surface area contributed by atoms with E-state index in [1.807, 2.05) is 12.3 Å². The van der Waals surface area contributed by atoms with Crippen molar-refractivity contribution in [1.29, 1.82) is 0 Å². The Kier molecular flexibility index (Phi) is 11.1. The monoisotopic (exact) mass is 852 g/mol. The Morgan fingerprint density at radius 3 is 1.62 bits per heavy atom. The van der Waals surface area contributed by atoms with Gasteiger partial charge in [0.15, 0.2) is 0 Å². The quantitative estimate of drug-likeness (QED) is 0.152. The summed E-state index contributed by atoms with van der Waals surface area (Å²) in [6, 6.07) is 45.9. The number of nitrogens with zero attached hydrogens (tertiary/aromatic N) is 2. The molecule has 9 rings (SSSR count). The third kappa shape index (κ3) is 8.39. The van der Waals surface area contributed by atoms with E-state index in [2.05, 4.69) is 220 Å². The van der Waals surface area contributed by atoms with Crippen LogP contribution in [-0.4, -0.2) is 9.55 Å². The second kappa shape index (κ2) is 16.8. The van der Waals surface area contributed by atoms with Gasteiger partial charge in [-0.3, -0.25) is 4.57 Å². The van der Waals surface area contributed by atoms with Gasteiger partial charge in [-0.15, -0.1) is 0 Å². The predicted molar refractivity (Wildman–Crippen MR) is 277 cm³/mol. The van der Waals surface area contributed by atoms with E-state index >= 15 is 0 Å². The summed E-state index contributed by atoms with van der Waals surface area (Å²) in [6.45, 7) is 26.6. The summed E-state index contributed by atoms with van der Waals surface area (Å²) in [5, 5.41) is 10.2. The van der Waals surface area contributed by atoms with Crippen molar-refractivity contribution in [3.63, 3.8) is 0 Å². The lowest BCUT2D eigenvalue weighted by molar-refractivity contribution is 0.483. The van der Waals surface area contributed by atoms with Crippen LogP contribution in [0.1, 0.15) is 76.4 Å². The number of aromatic nitrogens is 2. The number of anilines is 4. The summed E-state index contributed by atoms with van der Waals surface area (Å²) in [6.07, 6.45) is 1.92. The zero-order chi connectivity index (χ0) is 45.9. The molecule has 0 amide bonds. The molecule has 0 atom stereocenters. The lowest BCUT2D eigenvalue weighted by atomic mass is 9.84. The van der Waals surface area contributed by atoms with Gasteiger partial charge in [0.05, 0.1) is 22.4 Å². The van der Waals surface area contributed by atoms with Crippen molar-refractivity contribution >= 4 is 44.6 Å². The minimum Gasteiger partial charge on any atom is -0.457 e. The van der Waals surface area contributed by atoms with Gasteiger partial charge in [-0.2, -0.15) is 0 Å². The molecule has 0 unspecified atom stereocenters. The fourth-order valence-electron chi connectivity index (χ4n) is 10.1. The fourth-order valence-corrected chi connectivity index (χ4v) is 10.1. The molecule has 65 heavy (non-hydrogen) atoms. The number of aryl methyl sites for hydroxylation is 9. The molecule has 326 valence electrons. The van der Waals surface area contributed by atoms with Crippen molar-refractivity contribution < 1.29 is 4.74 Å². The van der Waals surface area contributed by atoms with Gasteiger partial charge >= 0.3 is 0 Å². The number of hydrogen-bond donors (Lipinski definition) is 2. The summed E-state index contributed by atoms with van der Waals surface area (Å²) in [5.41, 5.74) is 23.5. The lowest BCUT2D eigenvalue weighted by Gasteiger charge is -2.24. The van der Waals surface area contributed by atoms with Crippen LogP contribution in [0.25, 0.3) is 49.9 Å². The smallest absolute Gasteiger partial charge is 0.137 e. The first-order valence-corrected chi connectivity index (χ1v) is 22.8. The molecule has 0 bridgehead atoms. The topological polar surface area (TPSA) is 51.1 Å². The molecular formula is C60H60N4O. The zero-order valence-corrected chi connectivity index (χ0v) is 40.0. The molecule has 5 heteroatoms. The highest BCUT2D eigenvalue weighted by molar-refractivity contribution is 6.09. The Bertz CT molecular complexity index is 3260. The maximum Gasteiger partial charge on any atom is 0.137 e. The molecule has 9 aromatic rings. The van der Waals surface area contributed by atoms with Crippen LogP contribution in [0.2, 0.25) is 0 Å². The van der Waals surface area contributed by atoms with Crippen LogP contribution >= 0.6 is 0 Å². The van der Waals surface area contributed by atoms with Crippen LogP contribution in [0.15, 0.2) is 134 Å². The molecule has 0 fully saturated rings. The van der Waals surface area contributed by atoms with Gasteiger partial charge in [0.25, 0.3) is 0 Å². The molecule has 0 aliphatic rings. The van der Waals surface area contributed by atoms with Crippen molar-refractivity contribution in [2.45, 2.75) is 88.5 Å². The summed E-state index contributed by atoms with van der Waals surface area (Å²) in [5.74, 6) is 2.37. The number of fused-ring (bicyclic) bond motifs is 3. The van der Waals surface area contributed by atoms with Gasteiger partial charge in [-0.1, -0.05) is 98.1 Å². The molecule has 5 nitrogen and oxygen atoms in total. The fraction of sp³-hybridized carbons (Fsp3) is 0.217. The number of nitrogens with one attached hydrogen (secondary N) is 2. The molecule has 7 aromatic carbocycles. The lowest BCUT2D eigenvalue weighted by Crippen LogP contribution is -2.12. The van der Waals surface area contributed by atoms with E-state index in [1.54, 1.807) is 0 Å². The maximum atomic E-state index is 6.76. The Labute approximate surface area is 385 Å². The number of pyridine rings is 1. The second-order valence-electron chi connectivity index (χ2n) is 19.3. The third-order valence-corrected chi connectivity index (χ3v) is 12.8. The minimum atomic E-state index is -0.0134. The average Bonchev–Trinajstić information content (AvgIpc) is 3.56. The summed E-state index contributed by atoms with van der Waals surface area (Å²) in [7, 11) is 0. The predicted octanol–water partition coefficient (Wildman–Crippen LogP) is 16.9. The minimum absolute atomic E-state index is 0.0134. The summed E-state index contributed by atoms with van der Waals surface area (Å²) >= 11 is 0. The number of ether oxygens (including phenoxy) is 1. The average molecular weight is 853 g/mol. The molecule has 0 radical (unpaired) electrons. The van der Waals surface area contributed by atoms with Crippen molar-refractivity contribution in [1.82, 2.24) is 9.55 Å². The van der Waals surface area contributed by atoms with E-state index in [-0.39, 0.29) is 5.41 Å². The molecule has 2 aromatic heterocycles. The molecule has 0 aliphatic carbocycles. The maximum absolute atomic E-state index is 6.76. The van der Waals surface area contributed by atoms with E-state index in [9.17, 15) is 0 Å². The van der Waals surface area contributed by atoms with Gasteiger partial charge < -0.3 is 15.4 Å². The number of hydrogen-bond acceptors (Lipinski definition) is 4. The first kappa shape index (κ1) is 43.2. The van der Waals surface area contributed by atoms with E-state index in [0.717, 1.165) is 56.5 Å². The summed E-state index contributed by atoms with van der Waals surface area (Å²) < 4.78 is 9.02. The van der Waals surface area contributed by atoms with E-state index < -0.39 is 0 Å². The SMILES string of the molecule is Cc1cc(C)c(Nc2cc(-c3c(C)cc(C)cc3C)c(-c3c(C)cc(C)cc3C)cc2Nc2cccc(Oc3ccc4c5ccccc5n(-c5cc(C(C)(C)C)ccn5)c4c3)c2)c(C)c1. The standard InChI is InChI=1S/C60H60N4O/c1-35-24-38(4)57(39(5)25-35)50-33-52(53(63-59-42(8)28-37(3)29-43(59)9)34-51(50)58-40(6)26-36(2)27-41(58)7)62-45-16-15-17-46(31-45)65-47-20-21-49-48-18-13-14-19-54(48)64(55(49)32-47)56-30-44(22-23-61-56)60(10,11)12/h13-34,62-63H,1-12H3. The molecule has 2 heterocycles. The van der Waals surface area contributed by atoms with Crippen LogP contribution in [-0.2, 0) is 5.41 Å². The molecule has 0 saturated carbocycles. The van der Waals surface area contributed by atoms with Crippen LogP contribution in [0.3, 0.4) is 0 Å². The van der Waals surface area contributed by atoms with Crippen molar-refractivity contribution in [2.75, 3.05) is 10.6 Å². The number of benzene rings is 7. The van der Waals surface area contributed by atoms with Gasteiger partial charge in [0, 0.05) is 40.5 Å². The molecule has 0 saturated heterocycles. The third-order valence-electron chi connectivity index (χ3n) is 12.8. The van der Waals surface area contributed by atoms with E-state index in [0.29, 0.717) is 0 Å². The van der Waals surface area contributed by atoms with Crippen LogP contribution < -0.4 is 15.4 Å². The second-order valence-corrected chi connectivity index (χ2v) is 19.3. The van der Waals surface area contributed by atoms with E-state index in [4.69, 9.17) is 9.72 Å².